The van der Waals surface area contributed by atoms with Gasteiger partial charge in [0.1, 0.15) is 5.03 Å². The third-order valence-corrected chi connectivity index (χ3v) is 2.97. The van der Waals surface area contributed by atoms with Crippen LogP contribution in [0.4, 0.5) is 13.2 Å². The normalized spacial score (nSPS) is 16.1. The SMILES string of the molecule is CC(C)(CC(=O)O)C(Cl)/C=C(\Cl)C(F)(F)F. The van der Waals surface area contributed by atoms with Crippen LogP contribution in [-0.2, 0) is 4.79 Å². The van der Waals surface area contributed by atoms with E-state index in [-0.39, 0.29) is 6.42 Å². The molecule has 0 bridgehead atoms. The maximum Gasteiger partial charge on any atom is 0.426 e. The fourth-order valence-corrected chi connectivity index (χ4v) is 1.33. The number of hydrogen-bond acceptors (Lipinski definition) is 1. The lowest BCUT2D eigenvalue weighted by Gasteiger charge is -2.26. The van der Waals surface area contributed by atoms with Crippen LogP contribution < -0.4 is 0 Å². The molecule has 1 atom stereocenters. The standard InChI is InChI=1S/C9H11Cl2F3O2/c1-8(2,4-7(15)16)5(10)3-6(11)9(12,13)14/h3,5H,4H2,1-2H3,(H,15,16)/b6-3-. The second kappa shape index (κ2) is 5.27. The van der Waals surface area contributed by atoms with E-state index in [0.29, 0.717) is 6.08 Å². The predicted molar refractivity (Wildman–Crippen MR) is 55.7 cm³/mol. The number of aliphatic carboxylic acids is 1. The van der Waals surface area contributed by atoms with Gasteiger partial charge in [-0.15, -0.1) is 11.6 Å². The molecule has 2 nitrogen and oxygen atoms in total. The van der Waals surface area contributed by atoms with Crippen molar-refractivity contribution in [3.63, 3.8) is 0 Å². The van der Waals surface area contributed by atoms with Gasteiger partial charge < -0.3 is 5.11 Å². The Labute approximate surface area is 101 Å². The van der Waals surface area contributed by atoms with Gasteiger partial charge in [0.05, 0.1) is 11.8 Å². The minimum Gasteiger partial charge on any atom is -0.481 e. The van der Waals surface area contributed by atoms with Gasteiger partial charge in [-0.2, -0.15) is 13.2 Å². The average molecular weight is 279 g/mol. The number of carbonyl (C=O) groups is 1. The highest BCUT2D eigenvalue weighted by Crippen LogP contribution is 2.35. The lowest BCUT2D eigenvalue weighted by Crippen LogP contribution is -2.27. The van der Waals surface area contributed by atoms with Crippen LogP contribution in [0.2, 0.25) is 0 Å². The summed E-state index contributed by atoms with van der Waals surface area (Å²) in [6.07, 6.45) is -4.39. The van der Waals surface area contributed by atoms with Gasteiger partial charge in [0, 0.05) is 0 Å². The zero-order valence-electron chi connectivity index (χ0n) is 8.61. The summed E-state index contributed by atoms with van der Waals surface area (Å²) in [5.41, 5.74) is -1.02. The topological polar surface area (TPSA) is 37.3 Å². The van der Waals surface area contributed by atoms with Gasteiger partial charge in [0.2, 0.25) is 0 Å². The van der Waals surface area contributed by atoms with Gasteiger partial charge in [0.25, 0.3) is 0 Å². The first-order valence-corrected chi connectivity index (χ1v) is 5.08. The number of allylic oxidation sites excluding steroid dienone is 2. The first kappa shape index (κ1) is 15.6. The molecule has 0 rings (SSSR count). The zero-order valence-corrected chi connectivity index (χ0v) is 10.1. The predicted octanol–water partition coefficient (Wildman–Crippen LogP) is 3.78. The molecule has 0 aliphatic carbocycles. The van der Waals surface area contributed by atoms with Crippen molar-refractivity contribution in [1.29, 1.82) is 0 Å². The van der Waals surface area contributed by atoms with E-state index < -0.39 is 28.0 Å². The summed E-state index contributed by atoms with van der Waals surface area (Å²) in [5.74, 6) is -1.13. The Morgan fingerprint density at radius 3 is 2.19 bits per heavy atom. The molecule has 0 saturated heterocycles. The van der Waals surface area contributed by atoms with Gasteiger partial charge in [-0.25, -0.2) is 0 Å². The Morgan fingerprint density at radius 2 is 1.88 bits per heavy atom. The van der Waals surface area contributed by atoms with Crippen LogP contribution in [0.25, 0.3) is 0 Å². The summed E-state index contributed by atoms with van der Waals surface area (Å²) in [4.78, 5) is 10.5. The van der Waals surface area contributed by atoms with E-state index in [1.165, 1.54) is 13.8 Å². The van der Waals surface area contributed by atoms with Gasteiger partial charge in [0.15, 0.2) is 0 Å². The molecule has 0 aliphatic rings. The summed E-state index contributed by atoms with van der Waals surface area (Å²) >= 11 is 10.7. The first-order valence-electron chi connectivity index (χ1n) is 4.27. The lowest BCUT2D eigenvalue weighted by atomic mass is 9.85. The Bertz CT molecular complexity index is 298. The average Bonchev–Trinajstić information content (AvgIpc) is 1.99. The molecule has 0 heterocycles. The molecule has 1 unspecified atom stereocenters. The van der Waals surface area contributed by atoms with Crippen molar-refractivity contribution in [2.24, 2.45) is 5.41 Å². The van der Waals surface area contributed by atoms with Gasteiger partial charge in [-0.05, 0) is 11.5 Å². The molecule has 0 aromatic heterocycles. The number of alkyl halides is 4. The third kappa shape index (κ3) is 5.07. The Kier molecular flexibility index (Phi) is 5.14. The van der Waals surface area contributed by atoms with Crippen molar-refractivity contribution >= 4 is 29.2 Å². The van der Waals surface area contributed by atoms with Gasteiger partial charge in [-0.1, -0.05) is 25.4 Å². The number of carboxylic acids is 1. The molecule has 7 heteroatoms. The third-order valence-electron chi connectivity index (χ3n) is 1.92. The zero-order chi connectivity index (χ0) is 13.1. The summed E-state index contributed by atoms with van der Waals surface area (Å²) in [6, 6.07) is 0. The van der Waals surface area contributed by atoms with E-state index in [0.717, 1.165) is 0 Å². The Morgan fingerprint density at radius 1 is 1.44 bits per heavy atom. The molecule has 0 spiro atoms. The lowest BCUT2D eigenvalue weighted by molar-refractivity contribution is -0.139. The van der Waals surface area contributed by atoms with Crippen LogP contribution in [0, 0.1) is 5.41 Å². The van der Waals surface area contributed by atoms with Gasteiger partial charge >= 0.3 is 12.1 Å². The molecule has 0 aliphatic heterocycles. The Hall–Kier alpha value is -0.420. The van der Waals surface area contributed by atoms with Crippen molar-refractivity contribution in [2.75, 3.05) is 0 Å². The van der Waals surface area contributed by atoms with E-state index in [1.54, 1.807) is 0 Å². The molecular formula is C9H11Cl2F3O2. The second-order valence-corrected chi connectivity index (χ2v) is 4.85. The van der Waals surface area contributed by atoms with E-state index in [4.69, 9.17) is 28.3 Å². The number of rotatable bonds is 4. The number of hydrogen-bond donors (Lipinski definition) is 1. The minimum atomic E-state index is -4.66. The van der Waals surface area contributed by atoms with Crippen LogP contribution in [0.5, 0.6) is 0 Å². The monoisotopic (exact) mass is 278 g/mol. The highest BCUT2D eigenvalue weighted by Gasteiger charge is 2.36. The molecular weight excluding hydrogens is 268 g/mol. The molecule has 0 saturated carbocycles. The molecule has 0 aromatic carbocycles. The van der Waals surface area contributed by atoms with Crippen molar-refractivity contribution < 1.29 is 23.1 Å². The van der Waals surface area contributed by atoms with E-state index >= 15 is 0 Å². The molecule has 94 valence electrons. The largest absolute Gasteiger partial charge is 0.481 e. The van der Waals surface area contributed by atoms with Crippen molar-refractivity contribution in [1.82, 2.24) is 0 Å². The van der Waals surface area contributed by atoms with E-state index in [1.807, 2.05) is 0 Å². The van der Waals surface area contributed by atoms with Crippen LogP contribution in [0.1, 0.15) is 20.3 Å². The Balaban J connectivity index is 4.81. The van der Waals surface area contributed by atoms with Crippen molar-refractivity contribution in [2.45, 2.75) is 31.8 Å². The van der Waals surface area contributed by atoms with Crippen LogP contribution in [-0.4, -0.2) is 22.6 Å². The van der Waals surface area contributed by atoms with E-state index in [9.17, 15) is 18.0 Å². The van der Waals surface area contributed by atoms with E-state index in [2.05, 4.69) is 0 Å². The molecule has 1 N–H and O–H groups in total. The number of carboxylic acid groups (broad SMARTS) is 1. The minimum absolute atomic E-state index is 0.348. The smallest absolute Gasteiger partial charge is 0.426 e. The molecule has 16 heavy (non-hydrogen) atoms. The quantitative estimate of drug-likeness (QED) is 0.795. The van der Waals surface area contributed by atoms with Crippen molar-refractivity contribution in [3.8, 4) is 0 Å². The fourth-order valence-electron chi connectivity index (χ4n) is 0.936. The maximum atomic E-state index is 12.1. The van der Waals surface area contributed by atoms with Crippen LogP contribution >= 0.6 is 23.2 Å². The highest BCUT2D eigenvalue weighted by atomic mass is 35.5. The first-order chi connectivity index (χ1) is 6.97. The summed E-state index contributed by atoms with van der Waals surface area (Å²) in [6.45, 7) is 2.91. The molecule has 0 amide bonds. The maximum absolute atomic E-state index is 12.1. The second-order valence-electron chi connectivity index (χ2n) is 3.97. The fraction of sp³-hybridized carbons (Fsp3) is 0.667. The van der Waals surface area contributed by atoms with Gasteiger partial charge in [-0.3, -0.25) is 4.79 Å². The van der Waals surface area contributed by atoms with Crippen molar-refractivity contribution in [3.05, 3.63) is 11.1 Å². The highest BCUT2D eigenvalue weighted by molar-refractivity contribution is 6.31. The molecule has 0 radical (unpaired) electrons. The summed E-state index contributed by atoms with van der Waals surface area (Å²) in [5, 5.41) is 6.10. The summed E-state index contributed by atoms with van der Waals surface area (Å²) < 4.78 is 36.3. The number of halogens is 5. The molecule has 0 aromatic rings. The molecule has 0 fully saturated rings. The summed E-state index contributed by atoms with van der Waals surface area (Å²) in [7, 11) is 0. The van der Waals surface area contributed by atoms with Crippen LogP contribution in [0.15, 0.2) is 11.1 Å². The van der Waals surface area contributed by atoms with Crippen LogP contribution in [0.3, 0.4) is 0 Å².